The predicted molar refractivity (Wildman–Crippen MR) is 96.0 cm³/mol. The summed E-state index contributed by atoms with van der Waals surface area (Å²) in [5.41, 5.74) is 4.77. The average Bonchev–Trinajstić information content (AvgIpc) is 2.63. The van der Waals surface area contributed by atoms with Crippen molar-refractivity contribution < 1.29 is 0 Å². The fourth-order valence-electron chi connectivity index (χ4n) is 3.15. The van der Waals surface area contributed by atoms with Crippen molar-refractivity contribution in [2.75, 3.05) is 11.9 Å². The molecule has 3 aromatic rings. The van der Waals surface area contributed by atoms with Crippen LogP contribution in [0.5, 0.6) is 0 Å². The molecule has 120 valence electrons. The largest absolute Gasteiger partial charge is 0.369 e. The zero-order chi connectivity index (χ0) is 16.4. The van der Waals surface area contributed by atoms with Crippen LogP contribution in [-0.4, -0.2) is 21.5 Å². The Kier molecular flexibility index (Phi) is 3.95. The first-order valence-electron chi connectivity index (χ1n) is 8.44. The molecule has 0 aliphatic heterocycles. The van der Waals surface area contributed by atoms with Crippen LogP contribution in [0.1, 0.15) is 29.7 Å². The predicted octanol–water partition coefficient (Wildman–Crippen LogP) is 3.85. The summed E-state index contributed by atoms with van der Waals surface area (Å²) in [6, 6.07) is 16.5. The van der Waals surface area contributed by atoms with E-state index in [9.17, 15) is 0 Å². The van der Waals surface area contributed by atoms with E-state index in [1.807, 2.05) is 24.3 Å². The number of rotatable bonds is 5. The first-order chi connectivity index (χ1) is 11.8. The molecule has 2 aromatic heterocycles. The summed E-state index contributed by atoms with van der Waals surface area (Å²) in [4.78, 5) is 13.6. The van der Waals surface area contributed by atoms with Gasteiger partial charge in [-0.25, -0.2) is 9.97 Å². The fraction of sp³-hybridized carbons (Fsp3) is 0.250. The van der Waals surface area contributed by atoms with Crippen molar-refractivity contribution in [3.63, 3.8) is 0 Å². The quantitative estimate of drug-likeness (QED) is 0.777. The molecule has 4 heteroatoms. The molecule has 0 bridgehead atoms. The van der Waals surface area contributed by atoms with E-state index in [-0.39, 0.29) is 0 Å². The maximum absolute atomic E-state index is 4.65. The maximum Gasteiger partial charge on any atom is 0.180 e. The minimum absolute atomic E-state index is 0.569. The molecule has 4 rings (SSSR count). The molecule has 0 fully saturated rings. The van der Waals surface area contributed by atoms with E-state index in [4.69, 9.17) is 0 Å². The Balaban J connectivity index is 1.53. The number of aryl methyl sites for hydroxylation is 1. The first-order valence-corrected chi connectivity index (χ1v) is 8.44. The van der Waals surface area contributed by atoms with Gasteiger partial charge in [-0.05, 0) is 36.1 Å². The van der Waals surface area contributed by atoms with Gasteiger partial charge in [-0.2, -0.15) is 0 Å². The topological polar surface area (TPSA) is 50.7 Å². The molecule has 1 N–H and O–H groups in total. The lowest BCUT2D eigenvalue weighted by molar-refractivity contribution is 0.634. The SMILES string of the molecule is CCc1cc(NCC2Cc3ccccc32)nc(-c2ccccn2)n1. The van der Waals surface area contributed by atoms with Gasteiger partial charge in [-0.3, -0.25) is 4.98 Å². The molecule has 0 saturated heterocycles. The van der Waals surface area contributed by atoms with Crippen LogP contribution in [0.25, 0.3) is 11.5 Å². The Morgan fingerprint density at radius 2 is 1.96 bits per heavy atom. The van der Waals surface area contributed by atoms with Gasteiger partial charge in [-0.15, -0.1) is 0 Å². The Labute approximate surface area is 142 Å². The lowest BCUT2D eigenvalue weighted by Gasteiger charge is -2.30. The number of nitrogens with one attached hydrogen (secondary N) is 1. The van der Waals surface area contributed by atoms with E-state index in [1.165, 1.54) is 11.1 Å². The molecular formula is C20H20N4. The van der Waals surface area contributed by atoms with Crippen LogP contribution in [0.4, 0.5) is 5.82 Å². The Bertz CT molecular complexity index is 845. The summed E-state index contributed by atoms with van der Waals surface area (Å²) in [5.74, 6) is 2.14. The van der Waals surface area contributed by atoms with Crippen LogP contribution < -0.4 is 5.32 Å². The molecule has 0 radical (unpaired) electrons. The third-order valence-electron chi connectivity index (χ3n) is 4.53. The Morgan fingerprint density at radius 3 is 2.75 bits per heavy atom. The minimum Gasteiger partial charge on any atom is -0.369 e. The summed E-state index contributed by atoms with van der Waals surface area (Å²) in [6.45, 7) is 3.01. The number of pyridine rings is 1. The van der Waals surface area contributed by atoms with Crippen molar-refractivity contribution in [1.29, 1.82) is 0 Å². The molecule has 0 amide bonds. The van der Waals surface area contributed by atoms with Crippen molar-refractivity contribution in [2.45, 2.75) is 25.7 Å². The molecule has 24 heavy (non-hydrogen) atoms. The van der Waals surface area contributed by atoms with Gasteiger partial charge in [0.2, 0.25) is 0 Å². The smallest absolute Gasteiger partial charge is 0.180 e. The van der Waals surface area contributed by atoms with E-state index in [0.29, 0.717) is 11.7 Å². The fourth-order valence-corrected chi connectivity index (χ4v) is 3.15. The van der Waals surface area contributed by atoms with Crippen LogP contribution >= 0.6 is 0 Å². The summed E-state index contributed by atoms with van der Waals surface area (Å²) >= 11 is 0. The number of hydrogen-bond donors (Lipinski definition) is 1. The number of fused-ring (bicyclic) bond motifs is 1. The highest BCUT2D eigenvalue weighted by Crippen LogP contribution is 2.34. The van der Waals surface area contributed by atoms with Gasteiger partial charge in [0.1, 0.15) is 11.5 Å². The maximum atomic E-state index is 4.65. The van der Waals surface area contributed by atoms with Gasteiger partial charge in [-0.1, -0.05) is 37.3 Å². The highest BCUT2D eigenvalue weighted by atomic mass is 15.0. The number of anilines is 1. The third kappa shape index (κ3) is 2.87. The lowest BCUT2D eigenvalue weighted by atomic mass is 9.77. The molecule has 1 aliphatic rings. The first kappa shape index (κ1) is 14.8. The number of hydrogen-bond acceptors (Lipinski definition) is 4. The van der Waals surface area contributed by atoms with Crippen molar-refractivity contribution in [3.8, 4) is 11.5 Å². The monoisotopic (exact) mass is 316 g/mol. The zero-order valence-electron chi connectivity index (χ0n) is 13.7. The molecular weight excluding hydrogens is 296 g/mol. The molecule has 1 aliphatic carbocycles. The molecule has 0 spiro atoms. The van der Waals surface area contributed by atoms with Crippen LogP contribution in [0, 0.1) is 0 Å². The molecule has 4 nitrogen and oxygen atoms in total. The summed E-state index contributed by atoms with van der Waals surface area (Å²) < 4.78 is 0. The zero-order valence-corrected chi connectivity index (χ0v) is 13.7. The standard InChI is InChI=1S/C20H20N4/c1-2-16-12-19(24-20(23-16)18-9-5-6-10-21-18)22-13-15-11-14-7-3-4-8-17(14)15/h3-10,12,15H,2,11,13H2,1H3,(H,22,23,24). The summed E-state index contributed by atoms with van der Waals surface area (Å²) in [6.07, 6.45) is 3.79. The van der Waals surface area contributed by atoms with Gasteiger partial charge in [0.15, 0.2) is 5.82 Å². The second-order valence-corrected chi connectivity index (χ2v) is 6.12. The van der Waals surface area contributed by atoms with Gasteiger partial charge >= 0.3 is 0 Å². The highest BCUT2D eigenvalue weighted by Gasteiger charge is 2.25. The van der Waals surface area contributed by atoms with Crippen molar-refractivity contribution in [1.82, 2.24) is 15.0 Å². The van der Waals surface area contributed by atoms with Gasteiger partial charge in [0.05, 0.1) is 0 Å². The van der Waals surface area contributed by atoms with Crippen molar-refractivity contribution in [2.24, 2.45) is 0 Å². The van der Waals surface area contributed by atoms with Crippen molar-refractivity contribution >= 4 is 5.82 Å². The van der Waals surface area contributed by atoms with E-state index >= 15 is 0 Å². The molecule has 1 atom stereocenters. The van der Waals surface area contributed by atoms with Gasteiger partial charge in [0, 0.05) is 30.4 Å². The third-order valence-corrected chi connectivity index (χ3v) is 4.53. The number of aromatic nitrogens is 3. The van der Waals surface area contributed by atoms with Crippen LogP contribution in [0.2, 0.25) is 0 Å². The average molecular weight is 316 g/mol. The summed E-state index contributed by atoms with van der Waals surface area (Å²) in [7, 11) is 0. The number of nitrogens with zero attached hydrogens (tertiary/aromatic N) is 3. The molecule has 1 aromatic carbocycles. The molecule has 0 saturated carbocycles. The van der Waals surface area contributed by atoms with E-state index in [2.05, 4.69) is 51.5 Å². The second kappa shape index (κ2) is 6.40. The van der Waals surface area contributed by atoms with Gasteiger partial charge < -0.3 is 5.32 Å². The number of benzene rings is 1. The van der Waals surface area contributed by atoms with Crippen LogP contribution in [0.15, 0.2) is 54.7 Å². The Hall–Kier alpha value is -2.75. The minimum atomic E-state index is 0.569. The van der Waals surface area contributed by atoms with E-state index < -0.39 is 0 Å². The lowest BCUT2D eigenvalue weighted by Crippen LogP contribution is -2.24. The van der Waals surface area contributed by atoms with E-state index in [1.54, 1.807) is 6.20 Å². The van der Waals surface area contributed by atoms with E-state index in [0.717, 1.165) is 36.6 Å². The second-order valence-electron chi connectivity index (χ2n) is 6.12. The molecule has 1 unspecified atom stereocenters. The van der Waals surface area contributed by atoms with Crippen LogP contribution in [0.3, 0.4) is 0 Å². The highest BCUT2D eigenvalue weighted by molar-refractivity contribution is 5.53. The van der Waals surface area contributed by atoms with Gasteiger partial charge in [0.25, 0.3) is 0 Å². The van der Waals surface area contributed by atoms with Crippen LogP contribution in [-0.2, 0) is 12.8 Å². The summed E-state index contributed by atoms with van der Waals surface area (Å²) in [5, 5.41) is 3.49. The van der Waals surface area contributed by atoms with Crippen molar-refractivity contribution in [3.05, 3.63) is 71.5 Å². The normalized spacial score (nSPS) is 15.5. The Morgan fingerprint density at radius 1 is 1.08 bits per heavy atom. The molecule has 2 heterocycles.